The second kappa shape index (κ2) is 5.27. The number of aromatic nitrogens is 6. The molecular weight excluding hydrogens is 314 g/mol. The Bertz CT molecular complexity index is 1090. The molecule has 25 heavy (non-hydrogen) atoms. The predicted molar refractivity (Wildman–Crippen MR) is 96.1 cm³/mol. The summed E-state index contributed by atoms with van der Waals surface area (Å²) in [6.45, 7) is 2.08. The van der Waals surface area contributed by atoms with Crippen LogP contribution in [0.3, 0.4) is 0 Å². The minimum absolute atomic E-state index is 0.608. The van der Waals surface area contributed by atoms with Gasteiger partial charge >= 0.3 is 0 Å². The molecule has 0 saturated heterocycles. The number of fused-ring (bicyclic) bond motifs is 2. The fourth-order valence-corrected chi connectivity index (χ4v) is 3.28. The SMILES string of the molecule is CCc1cc(Nc2ccc3c(c2)nc(C2CC2)n3C)n2ncnc2n1. The van der Waals surface area contributed by atoms with Crippen molar-refractivity contribution in [2.75, 3.05) is 5.32 Å². The summed E-state index contributed by atoms with van der Waals surface area (Å²) < 4.78 is 3.94. The van der Waals surface area contributed by atoms with Crippen molar-refractivity contribution in [3.63, 3.8) is 0 Å². The van der Waals surface area contributed by atoms with Crippen LogP contribution in [0.5, 0.6) is 0 Å². The van der Waals surface area contributed by atoms with Gasteiger partial charge in [-0.05, 0) is 37.5 Å². The normalized spacial score (nSPS) is 14.5. The van der Waals surface area contributed by atoms with E-state index in [1.165, 1.54) is 30.5 Å². The van der Waals surface area contributed by atoms with Gasteiger partial charge in [0.2, 0.25) is 0 Å². The van der Waals surface area contributed by atoms with Crippen molar-refractivity contribution in [3.8, 4) is 0 Å². The van der Waals surface area contributed by atoms with E-state index in [0.29, 0.717) is 11.7 Å². The number of hydrogen-bond donors (Lipinski definition) is 1. The number of rotatable bonds is 4. The van der Waals surface area contributed by atoms with Crippen LogP contribution in [0.4, 0.5) is 11.5 Å². The zero-order valence-electron chi connectivity index (χ0n) is 14.3. The molecule has 1 aromatic carbocycles. The average molecular weight is 333 g/mol. The van der Waals surface area contributed by atoms with Crippen LogP contribution in [0, 0.1) is 0 Å². The minimum atomic E-state index is 0.608. The zero-order valence-corrected chi connectivity index (χ0v) is 14.3. The van der Waals surface area contributed by atoms with E-state index in [1.807, 2.05) is 6.07 Å². The third-order valence-corrected chi connectivity index (χ3v) is 4.80. The Balaban J connectivity index is 1.56. The molecule has 0 spiro atoms. The smallest absolute Gasteiger partial charge is 0.254 e. The Morgan fingerprint density at radius 1 is 1.20 bits per heavy atom. The third-order valence-electron chi connectivity index (χ3n) is 4.80. The molecule has 0 amide bonds. The van der Waals surface area contributed by atoms with Crippen molar-refractivity contribution in [3.05, 3.63) is 42.1 Å². The highest BCUT2D eigenvalue weighted by Crippen LogP contribution is 2.40. The Morgan fingerprint density at radius 2 is 2.08 bits per heavy atom. The first kappa shape index (κ1) is 14.4. The molecule has 1 fully saturated rings. The molecule has 1 aliphatic carbocycles. The average Bonchev–Trinajstić information content (AvgIpc) is 3.26. The van der Waals surface area contributed by atoms with Crippen molar-refractivity contribution in [2.24, 2.45) is 7.05 Å². The van der Waals surface area contributed by atoms with Gasteiger partial charge in [0.25, 0.3) is 5.78 Å². The molecular formula is C18H19N7. The van der Waals surface area contributed by atoms with Crippen LogP contribution in [0.15, 0.2) is 30.6 Å². The first-order chi connectivity index (χ1) is 12.2. The van der Waals surface area contributed by atoms with Gasteiger partial charge in [0.1, 0.15) is 18.0 Å². The van der Waals surface area contributed by atoms with Crippen molar-refractivity contribution in [1.29, 1.82) is 0 Å². The molecule has 126 valence electrons. The Labute approximate surface area is 144 Å². The van der Waals surface area contributed by atoms with Crippen molar-refractivity contribution < 1.29 is 0 Å². The number of aryl methyl sites for hydroxylation is 2. The molecule has 3 aromatic heterocycles. The van der Waals surface area contributed by atoms with Crippen molar-refractivity contribution in [1.82, 2.24) is 29.1 Å². The lowest BCUT2D eigenvalue weighted by atomic mass is 10.2. The lowest BCUT2D eigenvalue weighted by molar-refractivity contribution is 0.820. The number of nitrogens with zero attached hydrogens (tertiary/aromatic N) is 6. The summed E-state index contributed by atoms with van der Waals surface area (Å²) in [7, 11) is 2.10. The highest BCUT2D eigenvalue weighted by Gasteiger charge is 2.28. The van der Waals surface area contributed by atoms with E-state index in [0.717, 1.165) is 29.1 Å². The fraction of sp³-hybridized carbons (Fsp3) is 0.333. The summed E-state index contributed by atoms with van der Waals surface area (Å²) in [4.78, 5) is 13.5. The molecule has 7 nitrogen and oxygen atoms in total. The maximum absolute atomic E-state index is 4.84. The van der Waals surface area contributed by atoms with E-state index in [4.69, 9.17) is 4.98 Å². The topological polar surface area (TPSA) is 72.9 Å². The third kappa shape index (κ3) is 2.34. The van der Waals surface area contributed by atoms with Gasteiger partial charge in [-0.1, -0.05) is 6.92 Å². The minimum Gasteiger partial charge on any atom is -0.340 e. The number of hydrogen-bond acceptors (Lipinski definition) is 5. The number of imidazole rings is 1. The molecule has 7 heteroatoms. The monoisotopic (exact) mass is 333 g/mol. The van der Waals surface area contributed by atoms with E-state index < -0.39 is 0 Å². The van der Waals surface area contributed by atoms with Crippen LogP contribution >= 0.6 is 0 Å². The van der Waals surface area contributed by atoms with E-state index in [2.05, 4.69) is 57.1 Å². The first-order valence-corrected chi connectivity index (χ1v) is 8.66. The molecule has 0 aliphatic heterocycles. The summed E-state index contributed by atoms with van der Waals surface area (Å²) in [5.41, 5.74) is 4.16. The van der Waals surface area contributed by atoms with Gasteiger partial charge in [0.15, 0.2) is 0 Å². The molecule has 0 atom stereocenters. The highest BCUT2D eigenvalue weighted by molar-refractivity contribution is 5.81. The van der Waals surface area contributed by atoms with Crippen LogP contribution in [-0.2, 0) is 13.5 Å². The van der Waals surface area contributed by atoms with Gasteiger partial charge in [-0.15, -0.1) is 0 Å². The molecule has 3 heterocycles. The standard InChI is InChI=1S/C18H19N7/c1-3-12-9-16(25-18(22-12)19-10-20-25)21-13-6-7-15-14(8-13)23-17(24(15)2)11-4-5-11/h6-11,21H,3-5H2,1-2H3. The summed E-state index contributed by atoms with van der Waals surface area (Å²) in [5.74, 6) is 3.30. The molecule has 1 N–H and O–H groups in total. The molecule has 0 unspecified atom stereocenters. The van der Waals surface area contributed by atoms with Gasteiger partial charge < -0.3 is 9.88 Å². The number of benzene rings is 1. The molecule has 0 radical (unpaired) electrons. The number of anilines is 2. The summed E-state index contributed by atoms with van der Waals surface area (Å²) >= 11 is 0. The van der Waals surface area contributed by atoms with Crippen molar-refractivity contribution in [2.45, 2.75) is 32.1 Å². The summed E-state index contributed by atoms with van der Waals surface area (Å²) in [6.07, 6.45) is 4.88. The van der Waals surface area contributed by atoms with E-state index in [1.54, 1.807) is 4.52 Å². The molecule has 0 bridgehead atoms. The molecule has 1 aliphatic rings. The maximum atomic E-state index is 4.84. The molecule has 1 saturated carbocycles. The van der Waals surface area contributed by atoms with Crippen LogP contribution in [0.2, 0.25) is 0 Å². The molecule has 4 aromatic rings. The van der Waals surface area contributed by atoms with Gasteiger partial charge in [-0.2, -0.15) is 14.6 Å². The van der Waals surface area contributed by atoms with E-state index in [-0.39, 0.29) is 0 Å². The second-order valence-electron chi connectivity index (χ2n) is 6.59. The lowest BCUT2D eigenvalue weighted by Gasteiger charge is -2.09. The Morgan fingerprint density at radius 3 is 2.88 bits per heavy atom. The summed E-state index contributed by atoms with van der Waals surface area (Å²) in [6, 6.07) is 8.31. The second-order valence-corrected chi connectivity index (χ2v) is 6.59. The predicted octanol–water partition coefficient (Wildman–Crippen LogP) is 3.19. The fourth-order valence-electron chi connectivity index (χ4n) is 3.28. The lowest BCUT2D eigenvalue weighted by Crippen LogP contribution is -2.03. The highest BCUT2D eigenvalue weighted by atomic mass is 15.4. The number of nitrogens with one attached hydrogen (secondary N) is 1. The zero-order chi connectivity index (χ0) is 17.0. The van der Waals surface area contributed by atoms with E-state index in [9.17, 15) is 0 Å². The van der Waals surface area contributed by atoms with Gasteiger partial charge in [0.05, 0.1) is 11.0 Å². The van der Waals surface area contributed by atoms with Crippen LogP contribution in [0.25, 0.3) is 16.8 Å². The van der Waals surface area contributed by atoms with Gasteiger partial charge in [-0.3, -0.25) is 0 Å². The van der Waals surface area contributed by atoms with E-state index >= 15 is 0 Å². The van der Waals surface area contributed by atoms with Gasteiger partial charge in [-0.25, -0.2) is 9.97 Å². The maximum Gasteiger partial charge on any atom is 0.254 e. The first-order valence-electron chi connectivity index (χ1n) is 8.66. The Hall–Kier alpha value is -2.96. The van der Waals surface area contributed by atoms with Crippen LogP contribution < -0.4 is 5.32 Å². The quantitative estimate of drug-likeness (QED) is 0.621. The largest absolute Gasteiger partial charge is 0.340 e. The van der Waals surface area contributed by atoms with Gasteiger partial charge in [0, 0.05) is 30.4 Å². The summed E-state index contributed by atoms with van der Waals surface area (Å²) in [5, 5.41) is 7.71. The van der Waals surface area contributed by atoms with Crippen LogP contribution in [-0.4, -0.2) is 29.1 Å². The van der Waals surface area contributed by atoms with Crippen LogP contribution in [0.1, 0.15) is 37.2 Å². The van der Waals surface area contributed by atoms with Crippen molar-refractivity contribution >= 4 is 28.3 Å². The Kier molecular flexibility index (Phi) is 3.03. The molecule has 5 rings (SSSR count).